The topological polar surface area (TPSA) is 41.6 Å². The summed E-state index contributed by atoms with van der Waals surface area (Å²) in [6.07, 6.45) is 3.44. The van der Waals surface area contributed by atoms with Crippen molar-refractivity contribution >= 4 is 15.9 Å². The van der Waals surface area contributed by atoms with Gasteiger partial charge in [0.25, 0.3) is 0 Å². The molecular formula is C11H8BrN3. The first kappa shape index (κ1) is 9.94. The zero-order valence-electron chi connectivity index (χ0n) is 7.89. The van der Waals surface area contributed by atoms with E-state index in [4.69, 9.17) is 5.26 Å². The number of hydrogen-bond acceptors (Lipinski definition) is 2. The van der Waals surface area contributed by atoms with Gasteiger partial charge in [0.15, 0.2) is 0 Å². The molecule has 1 aromatic carbocycles. The first-order valence-electron chi connectivity index (χ1n) is 4.45. The summed E-state index contributed by atoms with van der Waals surface area (Å²) < 4.78 is 2.86. The molecule has 2 aromatic rings. The van der Waals surface area contributed by atoms with Crippen LogP contribution in [0, 0.1) is 11.3 Å². The number of benzene rings is 1. The molecule has 0 fully saturated rings. The number of nitrogens with zero attached hydrogens (tertiary/aromatic N) is 3. The lowest BCUT2D eigenvalue weighted by atomic mass is 10.2. The van der Waals surface area contributed by atoms with E-state index in [0.29, 0.717) is 12.4 Å². The van der Waals surface area contributed by atoms with Gasteiger partial charge in [0.05, 0.1) is 0 Å². The van der Waals surface area contributed by atoms with Crippen LogP contribution >= 0.6 is 15.9 Å². The largest absolute Gasteiger partial charge is 0.318 e. The van der Waals surface area contributed by atoms with E-state index in [-0.39, 0.29) is 0 Å². The third kappa shape index (κ3) is 2.25. The first-order chi connectivity index (χ1) is 7.29. The smallest absolute Gasteiger partial charge is 0.213 e. The predicted octanol–water partition coefficient (Wildman–Crippen LogP) is 2.57. The van der Waals surface area contributed by atoms with Crippen molar-refractivity contribution in [2.45, 2.75) is 6.54 Å². The third-order valence-electron chi connectivity index (χ3n) is 2.06. The molecule has 2 rings (SSSR count). The van der Waals surface area contributed by atoms with Crippen LogP contribution in [0.2, 0.25) is 0 Å². The Hall–Kier alpha value is -1.60. The zero-order chi connectivity index (χ0) is 10.7. The van der Waals surface area contributed by atoms with Crippen molar-refractivity contribution in [3.8, 4) is 6.07 Å². The number of hydrogen-bond donors (Lipinski definition) is 0. The number of halogens is 1. The SMILES string of the molecule is N#Cc1nccn1Cc1cccc(Br)c1. The molecule has 3 nitrogen and oxygen atoms in total. The van der Waals surface area contributed by atoms with Crippen LogP contribution in [-0.4, -0.2) is 9.55 Å². The third-order valence-corrected chi connectivity index (χ3v) is 2.55. The van der Waals surface area contributed by atoms with Gasteiger partial charge < -0.3 is 4.57 Å². The number of nitriles is 1. The lowest BCUT2D eigenvalue weighted by Gasteiger charge is -2.03. The second kappa shape index (κ2) is 4.28. The van der Waals surface area contributed by atoms with Gasteiger partial charge in [-0.1, -0.05) is 28.1 Å². The van der Waals surface area contributed by atoms with Crippen LogP contribution in [0.15, 0.2) is 41.1 Å². The van der Waals surface area contributed by atoms with Crippen molar-refractivity contribution in [2.24, 2.45) is 0 Å². The Bertz CT molecular complexity index is 511. The van der Waals surface area contributed by atoms with Crippen molar-refractivity contribution in [1.29, 1.82) is 5.26 Å². The van der Waals surface area contributed by atoms with Gasteiger partial charge in [-0.2, -0.15) is 5.26 Å². The van der Waals surface area contributed by atoms with E-state index >= 15 is 0 Å². The molecule has 0 bridgehead atoms. The van der Waals surface area contributed by atoms with Gasteiger partial charge in [0, 0.05) is 23.4 Å². The molecule has 0 saturated carbocycles. The Morgan fingerprint density at radius 1 is 1.47 bits per heavy atom. The Balaban J connectivity index is 2.26. The van der Waals surface area contributed by atoms with Gasteiger partial charge in [-0.25, -0.2) is 4.98 Å². The van der Waals surface area contributed by atoms with Crippen LogP contribution in [0.5, 0.6) is 0 Å². The summed E-state index contributed by atoms with van der Waals surface area (Å²) in [6.45, 7) is 0.669. The second-order valence-electron chi connectivity index (χ2n) is 3.12. The van der Waals surface area contributed by atoms with Crippen LogP contribution in [0.25, 0.3) is 0 Å². The lowest BCUT2D eigenvalue weighted by molar-refractivity contribution is 0.782. The van der Waals surface area contributed by atoms with E-state index < -0.39 is 0 Å². The van der Waals surface area contributed by atoms with Crippen molar-refractivity contribution in [3.05, 3.63) is 52.5 Å². The zero-order valence-corrected chi connectivity index (χ0v) is 9.48. The van der Waals surface area contributed by atoms with Gasteiger partial charge in [-0.15, -0.1) is 0 Å². The minimum absolute atomic E-state index is 0.440. The minimum Gasteiger partial charge on any atom is -0.318 e. The van der Waals surface area contributed by atoms with Crippen LogP contribution < -0.4 is 0 Å². The molecular weight excluding hydrogens is 254 g/mol. The highest BCUT2D eigenvalue weighted by Crippen LogP contribution is 2.13. The summed E-state index contributed by atoms with van der Waals surface area (Å²) in [5.74, 6) is 0.440. The molecule has 0 spiro atoms. The van der Waals surface area contributed by atoms with Crippen LogP contribution in [0.3, 0.4) is 0 Å². The van der Waals surface area contributed by atoms with Crippen molar-refractivity contribution < 1.29 is 0 Å². The van der Waals surface area contributed by atoms with Gasteiger partial charge in [0.2, 0.25) is 5.82 Å². The molecule has 0 amide bonds. The Labute approximate surface area is 96.1 Å². The summed E-state index contributed by atoms with van der Waals surface area (Å²) in [5, 5.41) is 8.80. The number of imidazole rings is 1. The van der Waals surface area contributed by atoms with E-state index in [1.165, 1.54) is 0 Å². The summed E-state index contributed by atoms with van der Waals surface area (Å²) in [5.41, 5.74) is 1.14. The monoisotopic (exact) mass is 261 g/mol. The Morgan fingerprint density at radius 3 is 3.07 bits per heavy atom. The normalized spacial score (nSPS) is 9.87. The second-order valence-corrected chi connectivity index (χ2v) is 4.04. The molecule has 15 heavy (non-hydrogen) atoms. The fourth-order valence-corrected chi connectivity index (χ4v) is 1.83. The minimum atomic E-state index is 0.440. The van der Waals surface area contributed by atoms with Gasteiger partial charge in [-0.3, -0.25) is 0 Å². The molecule has 74 valence electrons. The van der Waals surface area contributed by atoms with Crippen molar-refractivity contribution in [1.82, 2.24) is 9.55 Å². The molecule has 0 aliphatic heterocycles. The van der Waals surface area contributed by atoms with E-state index in [2.05, 4.69) is 27.0 Å². The Morgan fingerprint density at radius 2 is 2.33 bits per heavy atom. The van der Waals surface area contributed by atoms with Crippen LogP contribution in [0.1, 0.15) is 11.4 Å². The molecule has 0 saturated heterocycles. The highest BCUT2D eigenvalue weighted by Gasteiger charge is 2.01. The molecule has 4 heteroatoms. The van der Waals surface area contributed by atoms with E-state index in [1.807, 2.05) is 28.8 Å². The maximum atomic E-state index is 8.80. The average molecular weight is 262 g/mol. The standard InChI is InChI=1S/C11H8BrN3/c12-10-3-1-2-9(6-10)8-15-5-4-14-11(15)7-13/h1-6H,8H2. The molecule has 0 radical (unpaired) electrons. The van der Waals surface area contributed by atoms with Crippen molar-refractivity contribution in [3.63, 3.8) is 0 Å². The maximum Gasteiger partial charge on any atom is 0.213 e. The molecule has 0 aliphatic carbocycles. The predicted molar refractivity (Wildman–Crippen MR) is 60.2 cm³/mol. The summed E-state index contributed by atoms with van der Waals surface area (Å²) in [7, 11) is 0. The quantitative estimate of drug-likeness (QED) is 0.834. The maximum absolute atomic E-state index is 8.80. The highest BCUT2D eigenvalue weighted by atomic mass is 79.9. The van der Waals surface area contributed by atoms with E-state index in [9.17, 15) is 0 Å². The molecule has 0 unspecified atom stereocenters. The Kier molecular flexibility index (Phi) is 2.84. The molecule has 0 atom stereocenters. The number of rotatable bonds is 2. The first-order valence-corrected chi connectivity index (χ1v) is 5.24. The van der Waals surface area contributed by atoms with Gasteiger partial charge in [-0.05, 0) is 17.7 Å². The lowest BCUT2D eigenvalue weighted by Crippen LogP contribution is -2.01. The average Bonchev–Trinajstić information content (AvgIpc) is 2.65. The van der Waals surface area contributed by atoms with Gasteiger partial charge in [0.1, 0.15) is 6.07 Å². The summed E-state index contributed by atoms with van der Waals surface area (Å²) in [4.78, 5) is 3.94. The van der Waals surface area contributed by atoms with E-state index in [1.54, 1.807) is 12.4 Å². The van der Waals surface area contributed by atoms with Crippen LogP contribution in [-0.2, 0) is 6.54 Å². The molecule has 0 N–H and O–H groups in total. The molecule has 1 aromatic heterocycles. The fourth-order valence-electron chi connectivity index (χ4n) is 1.38. The summed E-state index contributed by atoms with van der Waals surface area (Å²) >= 11 is 3.41. The van der Waals surface area contributed by atoms with Gasteiger partial charge >= 0.3 is 0 Å². The molecule has 1 heterocycles. The summed E-state index contributed by atoms with van der Waals surface area (Å²) in [6, 6.07) is 10.0. The van der Waals surface area contributed by atoms with Crippen LogP contribution in [0.4, 0.5) is 0 Å². The van der Waals surface area contributed by atoms with Crippen molar-refractivity contribution in [2.75, 3.05) is 0 Å². The highest BCUT2D eigenvalue weighted by molar-refractivity contribution is 9.10. The molecule has 0 aliphatic rings. The number of aromatic nitrogens is 2. The fraction of sp³-hybridized carbons (Fsp3) is 0.0909. The van der Waals surface area contributed by atoms with E-state index in [0.717, 1.165) is 10.0 Å².